The van der Waals surface area contributed by atoms with Crippen LogP contribution in [0.25, 0.3) is 0 Å². The molecule has 5 heteroatoms. The molecule has 0 spiro atoms. The van der Waals surface area contributed by atoms with Crippen LogP contribution in [0.3, 0.4) is 0 Å². The molecule has 0 aromatic heterocycles. The van der Waals surface area contributed by atoms with E-state index in [1.807, 2.05) is 31.2 Å². The number of hydrogen-bond donors (Lipinski definition) is 0. The first-order valence-electron chi connectivity index (χ1n) is 6.26. The standard InChI is InChI=1S/C14H18N2O3/c1-10-4-6-12(7-5-10)16-11(2)13(17)15(14(16)18)8-9-19-3/h4-7,11H,8-9H2,1-3H3/t11-/m0/s1. The number of aryl methyl sites for hydroxylation is 1. The lowest BCUT2D eigenvalue weighted by atomic mass is 10.2. The molecule has 0 unspecified atom stereocenters. The smallest absolute Gasteiger partial charge is 0.332 e. The first-order valence-corrected chi connectivity index (χ1v) is 6.26. The van der Waals surface area contributed by atoms with Crippen LogP contribution in [-0.2, 0) is 9.53 Å². The van der Waals surface area contributed by atoms with Crippen molar-refractivity contribution in [1.29, 1.82) is 0 Å². The fraction of sp³-hybridized carbons (Fsp3) is 0.429. The van der Waals surface area contributed by atoms with Crippen molar-refractivity contribution >= 4 is 17.6 Å². The van der Waals surface area contributed by atoms with Crippen LogP contribution in [-0.4, -0.2) is 43.1 Å². The number of carbonyl (C=O) groups excluding carboxylic acids is 2. The van der Waals surface area contributed by atoms with Crippen LogP contribution in [0.5, 0.6) is 0 Å². The maximum atomic E-state index is 12.3. The van der Waals surface area contributed by atoms with Crippen molar-refractivity contribution in [2.45, 2.75) is 19.9 Å². The van der Waals surface area contributed by atoms with E-state index in [-0.39, 0.29) is 11.9 Å². The molecule has 1 heterocycles. The number of nitrogens with zero attached hydrogens (tertiary/aromatic N) is 2. The summed E-state index contributed by atoms with van der Waals surface area (Å²) in [6.45, 7) is 4.37. The van der Waals surface area contributed by atoms with Crippen molar-refractivity contribution in [3.8, 4) is 0 Å². The van der Waals surface area contributed by atoms with Crippen LogP contribution >= 0.6 is 0 Å². The first kappa shape index (κ1) is 13.5. The Kier molecular flexibility index (Phi) is 3.85. The topological polar surface area (TPSA) is 49.9 Å². The van der Waals surface area contributed by atoms with Crippen LogP contribution in [0, 0.1) is 6.92 Å². The summed E-state index contributed by atoms with van der Waals surface area (Å²) >= 11 is 0. The minimum absolute atomic E-state index is 0.178. The summed E-state index contributed by atoms with van der Waals surface area (Å²) in [5, 5.41) is 0. The number of anilines is 1. The molecule has 102 valence electrons. The zero-order valence-electron chi connectivity index (χ0n) is 11.4. The number of amides is 3. The van der Waals surface area contributed by atoms with Crippen molar-refractivity contribution in [3.05, 3.63) is 29.8 Å². The summed E-state index contributed by atoms with van der Waals surface area (Å²) in [4.78, 5) is 27.1. The molecule has 0 bridgehead atoms. The van der Waals surface area contributed by atoms with Gasteiger partial charge in [0.15, 0.2) is 0 Å². The summed E-state index contributed by atoms with van der Waals surface area (Å²) in [5.41, 5.74) is 1.86. The summed E-state index contributed by atoms with van der Waals surface area (Å²) < 4.78 is 4.93. The van der Waals surface area contributed by atoms with E-state index < -0.39 is 6.04 Å². The summed E-state index contributed by atoms with van der Waals surface area (Å²) in [5.74, 6) is -0.178. The summed E-state index contributed by atoms with van der Waals surface area (Å²) in [6, 6.07) is 6.83. The second-order valence-electron chi connectivity index (χ2n) is 4.65. The fourth-order valence-corrected chi connectivity index (χ4v) is 2.15. The Labute approximate surface area is 112 Å². The minimum Gasteiger partial charge on any atom is -0.383 e. The first-order chi connectivity index (χ1) is 9.06. The molecule has 0 aliphatic carbocycles. The Morgan fingerprint density at radius 2 is 1.84 bits per heavy atom. The van der Waals surface area contributed by atoms with E-state index in [1.165, 1.54) is 9.80 Å². The van der Waals surface area contributed by atoms with E-state index in [0.29, 0.717) is 13.2 Å². The van der Waals surface area contributed by atoms with Crippen molar-refractivity contribution in [2.24, 2.45) is 0 Å². The third-order valence-electron chi connectivity index (χ3n) is 3.28. The van der Waals surface area contributed by atoms with Crippen LogP contribution < -0.4 is 4.90 Å². The minimum atomic E-state index is -0.466. The highest BCUT2D eigenvalue weighted by Crippen LogP contribution is 2.25. The Hall–Kier alpha value is -1.88. The average Bonchev–Trinajstić information content (AvgIpc) is 2.60. The molecular weight excluding hydrogens is 244 g/mol. The molecule has 1 fully saturated rings. The normalized spacial score (nSPS) is 19.4. The number of rotatable bonds is 4. The monoisotopic (exact) mass is 262 g/mol. The molecule has 2 rings (SSSR count). The number of urea groups is 1. The highest BCUT2D eigenvalue weighted by Gasteiger charge is 2.42. The second-order valence-corrected chi connectivity index (χ2v) is 4.65. The van der Waals surface area contributed by atoms with Gasteiger partial charge in [-0.15, -0.1) is 0 Å². The SMILES string of the molecule is COCCN1C(=O)[C@H](C)N(c2ccc(C)cc2)C1=O. The average molecular weight is 262 g/mol. The fourth-order valence-electron chi connectivity index (χ4n) is 2.15. The van der Waals surface area contributed by atoms with E-state index >= 15 is 0 Å². The molecule has 19 heavy (non-hydrogen) atoms. The molecule has 1 aliphatic heterocycles. The number of benzene rings is 1. The van der Waals surface area contributed by atoms with Gasteiger partial charge in [-0.2, -0.15) is 0 Å². The number of ether oxygens (including phenoxy) is 1. The van der Waals surface area contributed by atoms with Crippen molar-refractivity contribution in [1.82, 2.24) is 4.90 Å². The van der Waals surface area contributed by atoms with Gasteiger partial charge >= 0.3 is 6.03 Å². The second kappa shape index (κ2) is 5.40. The highest BCUT2D eigenvalue weighted by molar-refractivity contribution is 6.14. The molecule has 3 amide bonds. The van der Waals surface area contributed by atoms with Crippen LogP contribution in [0.15, 0.2) is 24.3 Å². The Balaban J connectivity index is 2.24. The van der Waals surface area contributed by atoms with Crippen molar-refractivity contribution < 1.29 is 14.3 Å². The molecule has 5 nitrogen and oxygen atoms in total. The number of methoxy groups -OCH3 is 1. The van der Waals surface area contributed by atoms with Crippen molar-refractivity contribution in [2.75, 3.05) is 25.2 Å². The van der Waals surface area contributed by atoms with Crippen LogP contribution in [0.4, 0.5) is 10.5 Å². The van der Waals surface area contributed by atoms with Gasteiger partial charge in [-0.1, -0.05) is 17.7 Å². The molecule has 0 N–H and O–H groups in total. The Morgan fingerprint density at radius 1 is 1.21 bits per heavy atom. The largest absolute Gasteiger partial charge is 0.383 e. The van der Waals surface area contributed by atoms with E-state index in [4.69, 9.17) is 4.74 Å². The van der Waals surface area contributed by atoms with Gasteiger partial charge in [0.1, 0.15) is 6.04 Å². The maximum absolute atomic E-state index is 12.3. The summed E-state index contributed by atoms with van der Waals surface area (Å²) in [7, 11) is 1.55. The number of carbonyl (C=O) groups is 2. The van der Waals surface area contributed by atoms with Crippen LogP contribution in [0.1, 0.15) is 12.5 Å². The van der Waals surface area contributed by atoms with Gasteiger partial charge in [0.05, 0.1) is 13.2 Å². The van der Waals surface area contributed by atoms with Gasteiger partial charge in [0.25, 0.3) is 5.91 Å². The quantitative estimate of drug-likeness (QED) is 0.777. The summed E-state index contributed by atoms with van der Waals surface area (Å²) in [6.07, 6.45) is 0. The van der Waals surface area contributed by atoms with Gasteiger partial charge < -0.3 is 4.74 Å². The van der Waals surface area contributed by atoms with Crippen LogP contribution in [0.2, 0.25) is 0 Å². The maximum Gasteiger partial charge on any atom is 0.332 e. The van der Waals surface area contributed by atoms with Gasteiger partial charge in [0, 0.05) is 12.8 Å². The lowest BCUT2D eigenvalue weighted by Crippen LogP contribution is -2.35. The third-order valence-corrected chi connectivity index (χ3v) is 3.28. The van der Waals surface area contributed by atoms with Gasteiger partial charge in [-0.25, -0.2) is 4.79 Å². The van der Waals surface area contributed by atoms with E-state index in [0.717, 1.165) is 11.3 Å². The molecule has 1 atom stereocenters. The highest BCUT2D eigenvalue weighted by atomic mass is 16.5. The number of imide groups is 1. The molecule has 1 aromatic carbocycles. The zero-order valence-corrected chi connectivity index (χ0v) is 11.4. The molecule has 1 aromatic rings. The lowest BCUT2D eigenvalue weighted by Gasteiger charge is -2.19. The molecule has 1 saturated heterocycles. The molecular formula is C14H18N2O3. The Bertz CT molecular complexity index is 484. The van der Waals surface area contributed by atoms with E-state index in [1.54, 1.807) is 14.0 Å². The van der Waals surface area contributed by atoms with E-state index in [9.17, 15) is 9.59 Å². The van der Waals surface area contributed by atoms with Gasteiger partial charge in [0.2, 0.25) is 0 Å². The third kappa shape index (κ3) is 2.46. The molecule has 0 saturated carbocycles. The predicted octanol–water partition coefficient (Wildman–Crippen LogP) is 1.80. The predicted molar refractivity (Wildman–Crippen MR) is 72.1 cm³/mol. The van der Waals surface area contributed by atoms with Gasteiger partial charge in [-0.3, -0.25) is 14.6 Å². The number of hydrogen-bond acceptors (Lipinski definition) is 3. The van der Waals surface area contributed by atoms with Gasteiger partial charge in [-0.05, 0) is 26.0 Å². The zero-order chi connectivity index (χ0) is 14.0. The molecule has 0 radical (unpaired) electrons. The van der Waals surface area contributed by atoms with E-state index in [2.05, 4.69) is 0 Å². The van der Waals surface area contributed by atoms with Crippen molar-refractivity contribution in [3.63, 3.8) is 0 Å². The molecule has 1 aliphatic rings. The lowest BCUT2D eigenvalue weighted by molar-refractivity contribution is -0.127. The Morgan fingerprint density at radius 3 is 2.42 bits per heavy atom.